The number of para-hydroxylation sites is 2. The maximum absolute atomic E-state index is 11.2. The quantitative estimate of drug-likeness (QED) is 0.886. The number of carbonyl (C=O) groups is 1. The number of hydrogen-bond acceptors (Lipinski definition) is 5. The number of aryl methyl sites for hydroxylation is 1. The van der Waals surface area contributed by atoms with Crippen LogP contribution in [0.1, 0.15) is 27.3 Å². The van der Waals surface area contributed by atoms with E-state index in [1.807, 2.05) is 19.1 Å². The summed E-state index contributed by atoms with van der Waals surface area (Å²) in [6, 6.07) is 7.22. The highest BCUT2D eigenvalue weighted by atomic mass is 32.1. The molecule has 2 rings (SSSR count). The van der Waals surface area contributed by atoms with Crippen molar-refractivity contribution in [1.82, 2.24) is 4.98 Å². The molecule has 0 spiro atoms. The lowest BCUT2D eigenvalue weighted by Gasteiger charge is -2.09. The van der Waals surface area contributed by atoms with Gasteiger partial charge in [0.1, 0.15) is 17.2 Å². The van der Waals surface area contributed by atoms with Crippen LogP contribution < -0.4 is 9.47 Å². The second kappa shape index (κ2) is 6.38. The number of rotatable bonds is 6. The summed E-state index contributed by atoms with van der Waals surface area (Å²) in [5, 5.41) is 9.96. The normalized spacial score (nSPS) is 10.3. The van der Waals surface area contributed by atoms with Gasteiger partial charge in [0.25, 0.3) is 0 Å². The molecule has 1 aromatic carbocycles. The molecule has 0 saturated heterocycles. The average molecular weight is 293 g/mol. The third kappa shape index (κ3) is 3.08. The van der Waals surface area contributed by atoms with E-state index in [1.165, 1.54) is 11.3 Å². The Kier molecular flexibility index (Phi) is 4.57. The molecule has 106 valence electrons. The second-order valence-electron chi connectivity index (χ2n) is 3.98. The van der Waals surface area contributed by atoms with Crippen LogP contribution in [0.25, 0.3) is 0 Å². The van der Waals surface area contributed by atoms with E-state index >= 15 is 0 Å². The molecule has 1 heterocycles. The van der Waals surface area contributed by atoms with Gasteiger partial charge in [-0.05, 0) is 18.6 Å². The number of thiazole rings is 1. The van der Waals surface area contributed by atoms with Crippen LogP contribution in [0.5, 0.6) is 11.5 Å². The minimum Gasteiger partial charge on any atom is -0.493 e. The summed E-state index contributed by atoms with van der Waals surface area (Å²) in [7, 11) is 1.56. The molecule has 6 heteroatoms. The molecule has 0 amide bonds. The smallest absolute Gasteiger partial charge is 0.347 e. The van der Waals surface area contributed by atoms with Gasteiger partial charge in [0, 0.05) is 0 Å². The van der Waals surface area contributed by atoms with Crippen molar-refractivity contribution in [3.05, 3.63) is 39.8 Å². The topological polar surface area (TPSA) is 68.7 Å². The Morgan fingerprint density at radius 3 is 2.65 bits per heavy atom. The summed E-state index contributed by atoms with van der Waals surface area (Å²) < 4.78 is 10.8. The van der Waals surface area contributed by atoms with Gasteiger partial charge in [-0.2, -0.15) is 0 Å². The Morgan fingerprint density at radius 1 is 1.35 bits per heavy atom. The van der Waals surface area contributed by atoms with Crippen molar-refractivity contribution in [2.45, 2.75) is 20.0 Å². The van der Waals surface area contributed by atoms with Crippen LogP contribution in [0, 0.1) is 0 Å². The Hall–Kier alpha value is -2.08. The van der Waals surface area contributed by atoms with Crippen molar-refractivity contribution in [2.75, 3.05) is 7.11 Å². The van der Waals surface area contributed by atoms with E-state index < -0.39 is 5.97 Å². The molecule has 0 atom stereocenters. The van der Waals surface area contributed by atoms with Crippen LogP contribution in [-0.4, -0.2) is 23.2 Å². The monoisotopic (exact) mass is 293 g/mol. The maximum Gasteiger partial charge on any atom is 0.347 e. The summed E-state index contributed by atoms with van der Waals surface area (Å²) in [5.41, 5.74) is 0.449. The molecular formula is C14H15NO4S. The van der Waals surface area contributed by atoms with Crippen molar-refractivity contribution in [1.29, 1.82) is 0 Å². The molecule has 1 N–H and O–H groups in total. The zero-order valence-corrected chi connectivity index (χ0v) is 12.1. The minimum absolute atomic E-state index is 0.110. The first-order chi connectivity index (χ1) is 9.65. The van der Waals surface area contributed by atoms with E-state index in [1.54, 1.807) is 19.2 Å². The number of aromatic carboxylic acids is 1. The van der Waals surface area contributed by atoms with Gasteiger partial charge in [-0.25, -0.2) is 9.78 Å². The van der Waals surface area contributed by atoms with Crippen molar-refractivity contribution in [2.24, 2.45) is 0 Å². The third-order valence-corrected chi connectivity index (χ3v) is 3.90. The van der Waals surface area contributed by atoms with Crippen LogP contribution >= 0.6 is 11.3 Å². The molecule has 5 nitrogen and oxygen atoms in total. The standard InChI is InChI=1S/C14H15NO4S/c1-3-12-15-9(13(20-12)14(16)17)8-19-11-7-5-4-6-10(11)18-2/h4-7H,3,8H2,1-2H3,(H,16,17). The van der Waals surface area contributed by atoms with Gasteiger partial charge in [-0.1, -0.05) is 19.1 Å². The summed E-state index contributed by atoms with van der Waals surface area (Å²) in [5.74, 6) is 0.202. The zero-order valence-electron chi connectivity index (χ0n) is 11.3. The van der Waals surface area contributed by atoms with E-state index in [0.29, 0.717) is 23.6 Å². The van der Waals surface area contributed by atoms with Crippen LogP contribution in [-0.2, 0) is 13.0 Å². The number of hydrogen-bond donors (Lipinski definition) is 1. The molecule has 1 aromatic heterocycles. The van der Waals surface area contributed by atoms with Gasteiger partial charge in [0.15, 0.2) is 11.5 Å². The SMILES string of the molecule is CCc1nc(COc2ccccc2OC)c(C(=O)O)s1. The third-order valence-electron chi connectivity index (χ3n) is 2.67. The Labute approximate surface area is 120 Å². The number of nitrogens with zero attached hydrogens (tertiary/aromatic N) is 1. The fourth-order valence-corrected chi connectivity index (χ4v) is 2.55. The molecule has 2 aromatic rings. The van der Waals surface area contributed by atoms with Crippen molar-refractivity contribution >= 4 is 17.3 Å². The van der Waals surface area contributed by atoms with Crippen LogP contribution in [0.2, 0.25) is 0 Å². The van der Waals surface area contributed by atoms with E-state index in [-0.39, 0.29) is 11.5 Å². The fraction of sp³-hybridized carbons (Fsp3) is 0.286. The summed E-state index contributed by atoms with van der Waals surface area (Å²) in [6.45, 7) is 2.05. The molecule has 0 aliphatic rings. The van der Waals surface area contributed by atoms with E-state index in [2.05, 4.69) is 4.98 Å². The van der Waals surface area contributed by atoms with Crippen molar-refractivity contribution in [3.63, 3.8) is 0 Å². The lowest BCUT2D eigenvalue weighted by atomic mass is 10.3. The van der Waals surface area contributed by atoms with Crippen molar-refractivity contribution in [3.8, 4) is 11.5 Å². The number of aromatic nitrogens is 1. The minimum atomic E-state index is -0.971. The van der Waals surface area contributed by atoms with Crippen LogP contribution in [0.15, 0.2) is 24.3 Å². The molecular weight excluding hydrogens is 278 g/mol. The number of carboxylic acids is 1. The van der Waals surface area contributed by atoms with Gasteiger partial charge >= 0.3 is 5.97 Å². The lowest BCUT2D eigenvalue weighted by Crippen LogP contribution is -2.04. The van der Waals surface area contributed by atoms with Gasteiger partial charge in [0.2, 0.25) is 0 Å². The lowest BCUT2D eigenvalue weighted by molar-refractivity contribution is 0.0699. The van der Waals surface area contributed by atoms with Gasteiger partial charge in [-0.15, -0.1) is 11.3 Å². The number of benzene rings is 1. The van der Waals surface area contributed by atoms with Crippen LogP contribution in [0.4, 0.5) is 0 Å². The molecule has 0 saturated carbocycles. The van der Waals surface area contributed by atoms with Gasteiger partial charge in [-0.3, -0.25) is 0 Å². The maximum atomic E-state index is 11.2. The fourth-order valence-electron chi connectivity index (χ4n) is 1.70. The summed E-state index contributed by atoms with van der Waals surface area (Å²) in [6.07, 6.45) is 0.708. The van der Waals surface area contributed by atoms with Gasteiger partial charge in [0.05, 0.1) is 12.1 Å². The highest BCUT2D eigenvalue weighted by Gasteiger charge is 2.17. The van der Waals surface area contributed by atoms with E-state index in [0.717, 1.165) is 5.01 Å². The largest absolute Gasteiger partial charge is 0.493 e. The van der Waals surface area contributed by atoms with Gasteiger partial charge < -0.3 is 14.6 Å². The van der Waals surface area contributed by atoms with Crippen LogP contribution in [0.3, 0.4) is 0 Å². The Morgan fingerprint density at radius 2 is 2.05 bits per heavy atom. The Balaban J connectivity index is 2.18. The van der Waals surface area contributed by atoms with Crippen molar-refractivity contribution < 1.29 is 19.4 Å². The first kappa shape index (κ1) is 14.3. The summed E-state index contributed by atoms with van der Waals surface area (Å²) >= 11 is 1.19. The first-order valence-electron chi connectivity index (χ1n) is 6.13. The number of ether oxygens (including phenoxy) is 2. The second-order valence-corrected chi connectivity index (χ2v) is 5.07. The zero-order chi connectivity index (χ0) is 14.5. The molecule has 0 bridgehead atoms. The predicted molar refractivity (Wildman–Crippen MR) is 75.8 cm³/mol. The molecule has 0 fully saturated rings. The molecule has 20 heavy (non-hydrogen) atoms. The highest BCUT2D eigenvalue weighted by molar-refractivity contribution is 7.13. The highest BCUT2D eigenvalue weighted by Crippen LogP contribution is 2.28. The molecule has 0 radical (unpaired) electrons. The number of methoxy groups -OCH3 is 1. The molecule has 0 aliphatic heterocycles. The average Bonchev–Trinajstić information content (AvgIpc) is 2.89. The molecule has 0 unspecified atom stereocenters. The van der Waals surface area contributed by atoms with E-state index in [4.69, 9.17) is 14.6 Å². The van der Waals surface area contributed by atoms with E-state index in [9.17, 15) is 4.79 Å². The first-order valence-corrected chi connectivity index (χ1v) is 6.95. The Bertz CT molecular complexity index is 609. The summed E-state index contributed by atoms with van der Waals surface area (Å²) in [4.78, 5) is 15.7. The number of carboxylic acid groups (broad SMARTS) is 1. The predicted octanol–water partition coefficient (Wildman–Crippen LogP) is 2.99. The molecule has 0 aliphatic carbocycles.